The van der Waals surface area contributed by atoms with E-state index in [1.807, 2.05) is 54.7 Å². The molecule has 0 saturated carbocycles. The second kappa shape index (κ2) is 12.7. The van der Waals surface area contributed by atoms with Crippen molar-refractivity contribution in [3.8, 4) is 34.0 Å². The van der Waals surface area contributed by atoms with Gasteiger partial charge in [-0.25, -0.2) is 27.8 Å². The van der Waals surface area contributed by atoms with Crippen molar-refractivity contribution in [3.63, 3.8) is 0 Å². The zero-order valence-corrected chi connectivity index (χ0v) is 24.3. The predicted molar refractivity (Wildman–Crippen MR) is 161 cm³/mol. The normalized spacial score (nSPS) is 11.4. The van der Waals surface area contributed by atoms with E-state index < -0.39 is 10.0 Å². The van der Waals surface area contributed by atoms with E-state index in [0.717, 1.165) is 16.8 Å². The molecule has 0 amide bonds. The Bertz CT molecular complexity index is 1750. The molecule has 5 rings (SSSR count). The van der Waals surface area contributed by atoms with Gasteiger partial charge in [0.1, 0.15) is 11.4 Å². The quantitative estimate of drug-likeness (QED) is 0.174. The number of aromatic nitrogens is 4. The number of rotatable bonds is 11. The van der Waals surface area contributed by atoms with Crippen LogP contribution >= 0.6 is 23.2 Å². The van der Waals surface area contributed by atoms with Gasteiger partial charge in [-0.1, -0.05) is 47.5 Å². The van der Waals surface area contributed by atoms with Gasteiger partial charge in [-0.2, -0.15) is 5.10 Å². The van der Waals surface area contributed by atoms with Crippen LogP contribution < -0.4 is 14.8 Å². The summed E-state index contributed by atoms with van der Waals surface area (Å²) in [5.41, 5.74) is 3.87. The van der Waals surface area contributed by atoms with Crippen molar-refractivity contribution >= 4 is 39.2 Å². The first-order valence-electron chi connectivity index (χ1n) is 12.7. The van der Waals surface area contributed by atoms with Gasteiger partial charge < -0.3 is 10.1 Å². The van der Waals surface area contributed by atoms with Crippen molar-refractivity contribution in [2.75, 3.05) is 25.5 Å². The van der Waals surface area contributed by atoms with Crippen molar-refractivity contribution in [1.29, 1.82) is 0 Å². The number of halogens is 2. The maximum Gasteiger partial charge on any atom is 0.240 e. The van der Waals surface area contributed by atoms with E-state index in [2.05, 4.69) is 15.0 Å². The molecule has 9 nitrogen and oxygen atoms in total. The van der Waals surface area contributed by atoms with E-state index >= 15 is 0 Å². The maximum atomic E-state index is 12.5. The van der Waals surface area contributed by atoms with Crippen LogP contribution in [0.15, 0.2) is 96.2 Å². The first-order chi connectivity index (χ1) is 19.8. The van der Waals surface area contributed by atoms with Gasteiger partial charge in [0.05, 0.1) is 28.4 Å². The summed E-state index contributed by atoms with van der Waals surface area (Å²) in [6.45, 7) is 0.696. The van der Waals surface area contributed by atoms with E-state index in [-0.39, 0.29) is 11.4 Å². The molecule has 41 heavy (non-hydrogen) atoms. The van der Waals surface area contributed by atoms with Crippen LogP contribution in [0.4, 0.5) is 5.95 Å². The number of anilines is 1. The van der Waals surface area contributed by atoms with Crippen LogP contribution in [0.5, 0.6) is 5.75 Å². The van der Waals surface area contributed by atoms with Crippen LogP contribution in [0.3, 0.4) is 0 Å². The van der Waals surface area contributed by atoms with Crippen LogP contribution in [0.2, 0.25) is 10.0 Å². The molecule has 0 aliphatic carbocycles. The first-order valence-corrected chi connectivity index (χ1v) is 14.9. The minimum atomic E-state index is -3.62. The van der Waals surface area contributed by atoms with Crippen LogP contribution in [-0.2, 0) is 10.0 Å². The molecule has 3 aromatic carbocycles. The number of sulfonamides is 1. The van der Waals surface area contributed by atoms with Crippen LogP contribution in [0.25, 0.3) is 28.2 Å². The topological polar surface area (TPSA) is 111 Å². The predicted octanol–water partition coefficient (Wildman–Crippen LogP) is 6.09. The lowest BCUT2D eigenvalue weighted by Gasteiger charge is -2.09. The van der Waals surface area contributed by atoms with Crippen LogP contribution in [0.1, 0.15) is 6.42 Å². The van der Waals surface area contributed by atoms with E-state index in [1.54, 1.807) is 36.2 Å². The van der Waals surface area contributed by atoms with E-state index in [9.17, 15) is 8.42 Å². The molecule has 0 aliphatic heterocycles. The molecule has 12 heteroatoms. The van der Waals surface area contributed by atoms with Gasteiger partial charge in [0.15, 0.2) is 0 Å². The van der Waals surface area contributed by atoms with Gasteiger partial charge >= 0.3 is 0 Å². The molecule has 0 aliphatic rings. The highest BCUT2D eigenvalue weighted by atomic mass is 35.5. The Morgan fingerprint density at radius 3 is 2.49 bits per heavy atom. The van der Waals surface area contributed by atoms with E-state index in [4.69, 9.17) is 38.0 Å². The zero-order chi connectivity index (χ0) is 28.8. The number of methoxy groups -OCH3 is 1. The standard InChI is InChI=1S/C29H26Cl2N6O3S/c1-40-27-18-20(8-13-25(27)31)28-24(19-37(36-28)22-6-3-2-4-7-22)26-14-17-33-29(35-26)32-15-5-16-34-41(38,39)23-11-9-21(30)10-12-23/h2-4,6-14,17-19,34H,5,15-16H2,1H3,(H,32,33,35). The van der Waals surface area contributed by atoms with Crippen molar-refractivity contribution in [1.82, 2.24) is 24.5 Å². The average Bonchev–Trinajstić information content (AvgIpc) is 3.44. The Morgan fingerprint density at radius 2 is 1.73 bits per heavy atom. The minimum Gasteiger partial charge on any atom is -0.495 e. The van der Waals surface area contributed by atoms with Crippen LogP contribution in [-0.4, -0.2) is 48.4 Å². The molecule has 0 spiro atoms. The second-order valence-electron chi connectivity index (χ2n) is 8.92. The van der Waals surface area contributed by atoms with E-state index in [0.29, 0.717) is 46.1 Å². The Kier molecular flexibility index (Phi) is 8.84. The highest BCUT2D eigenvalue weighted by molar-refractivity contribution is 7.89. The summed E-state index contributed by atoms with van der Waals surface area (Å²) in [5.74, 6) is 0.955. The van der Waals surface area contributed by atoms with Crippen molar-refractivity contribution in [2.24, 2.45) is 0 Å². The van der Waals surface area contributed by atoms with Crippen molar-refractivity contribution in [2.45, 2.75) is 11.3 Å². The van der Waals surface area contributed by atoms with Gasteiger partial charge in [0.2, 0.25) is 16.0 Å². The maximum absolute atomic E-state index is 12.5. The molecule has 2 N–H and O–H groups in total. The van der Waals surface area contributed by atoms with Crippen LogP contribution in [0, 0.1) is 0 Å². The summed E-state index contributed by atoms with van der Waals surface area (Å²) in [6.07, 6.45) is 4.10. The number of para-hydroxylation sites is 1. The Morgan fingerprint density at radius 1 is 0.951 bits per heavy atom. The average molecular weight is 610 g/mol. The molecule has 2 heterocycles. The Labute approximate surface area is 248 Å². The fourth-order valence-corrected chi connectivity index (χ4v) is 5.48. The molecule has 0 fully saturated rings. The molecular weight excluding hydrogens is 583 g/mol. The van der Waals surface area contributed by atoms with Gasteiger partial charge in [0.25, 0.3) is 0 Å². The lowest BCUT2D eigenvalue weighted by molar-refractivity contribution is 0.415. The summed E-state index contributed by atoms with van der Waals surface area (Å²) in [5, 5.41) is 9.02. The third-order valence-corrected chi connectivity index (χ3v) is 8.18. The largest absolute Gasteiger partial charge is 0.495 e. The Hall–Kier alpha value is -3.96. The van der Waals surface area contributed by atoms with Gasteiger partial charge in [0, 0.05) is 41.6 Å². The second-order valence-corrected chi connectivity index (χ2v) is 11.5. The summed E-state index contributed by atoms with van der Waals surface area (Å²) < 4.78 is 34.8. The number of nitrogens with one attached hydrogen (secondary N) is 2. The lowest BCUT2D eigenvalue weighted by Crippen LogP contribution is -2.26. The molecule has 210 valence electrons. The van der Waals surface area contributed by atoms with Gasteiger partial charge in [-0.3, -0.25) is 0 Å². The number of hydrogen-bond donors (Lipinski definition) is 2. The number of ether oxygens (including phenoxy) is 1. The number of benzene rings is 3. The number of nitrogens with zero attached hydrogens (tertiary/aromatic N) is 4. The SMILES string of the molecule is COc1cc(-c2nn(-c3ccccc3)cc2-c2ccnc(NCCCNS(=O)(=O)c3ccc(Cl)cc3)n2)ccc1Cl. The monoisotopic (exact) mass is 608 g/mol. The first kappa shape index (κ1) is 28.6. The molecule has 0 bridgehead atoms. The number of hydrogen-bond acceptors (Lipinski definition) is 7. The third kappa shape index (κ3) is 6.86. The summed E-state index contributed by atoms with van der Waals surface area (Å²) in [7, 11) is -2.05. The molecule has 0 radical (unpaired) electrons. The summed E-state index contributed by atoms with van der Waals surface area (Å²) in [4.78, 5) is 9.21. The van der Waals surface area contributed by atoms with Crippen molar-refractivity contribution < 1.29 is 13.2 Å². The minimum absolute atomic E-state index is 0.163. The molecule has 0 unspecified atom stereocenters. The smallest absolute Gasteiger partial charge is 0.240 e. The zero-order valence-electron chi connectivity index (χ0n) is 22.0. The summed E-state index contributed by atoms with van der Waals surface area (Å²) in [6, 6.07) is 23.1. The fourth-order valence-electron chi connectivity index (χ4n) is 4.08. The van der Waals surface area contributed by atoms with Gasteiger partial charge in [-0.15, -0.1) is 0 Å². The third-order valence-electron chi connectivity index (χ3n) is 6.14. The molecular formula is C29H26Cl2N6O3S. The molecule has 0 atom stereocenters. The van der Waals surface area contributed by atoms with Crippen molar-refractivity contribution in [3.05, 3.63) is 101 Å². The Balaban J connectivity index is 1.33. The molecule has 5 aromatic rings. The van der Waals surface area contributed by atoms with E-state index in [1.165, 1.54) is 12.1 Å². The highest BCUT2D eigenvalue weighted by Crippen LogP contribution is 2.35. The van der Waals surface area contributed by atoms with Gasteiger partial charge in [-0.05, 0) is 61.0 Å². The summed E-state index contributed by atoms with van der Waals surface area (Å²) >= 11 is 12.1. The molecule has 2 aromatic heterocycles. The highest BCUT2D eigenvalue weighted by Gasteiger charge is 2.18. The lowest BCUT2D eigenvalue weighted by atomic mass is 10.1. The molecule has 0 saturated heterocycles. The fraction of sp³-hybridized carbons (Fsp3) is 0.138.